The summed E-state index contributed by atoms with van der Waals surface area (Å²) in [6, 6.07) is 14.3. The number of hydrogen-bond donors (Lipinski definition) is 1. The van der Waals surface area contributed by atoms with Gasteiger partial charge in [0.15, 0.2) is 0 Å². The minimum absolute atomic E-state index is 0.123. The zero-order valence-corrected chi connectivity index (χ0v) is 16.1. The molecule has 0 unspecified atom stereocenters. The van der Waals surface area contributed by atoms with Crippen molar-refractivity contribution in [3.63, 3.8) is 0 Å². The zero-order valence-electron chi connectivity index (χ0n) is 16.1. The Morgan fingerprint density at radius 2 is 1.93 bits per heavy atom. The maximum absolute atomic E-state index is 12.2. The Morgan fingerprint density at radius 1 is 1.15 bits per heavy atom. The molecule has 0 aliphatic carbocycles. The largest absolute Gasteiger partial charge is 0.340 e. The maximum atomic E-state index is 12.2. The summed E-state index contributed by atoms with van der Waals surface area (Å²) in [7, 11) is 0. The van der Waals surface area contributed by atoms with Crippen LogP contribution in [-0.4, -0.2) is 16.7 Å². The molecule has 4 heteroatoms. The molecule has 4 nitrogen and oxygen atoms in total. The third-order valence-corrected chi connectivity index (χ3v) is 4.91. The van der Waals surface area contributed by atoms with Crippen LogP contribution in [0.1, 0.15) is 27.9 Å². The van der Waals surface area contributed by atoms with E-state index in [1.54, 1.807) is 6.21 Å². The molecule has 138 valence electrons. The Labute approximate surface area is 160 Å². The van der Waals surface area contributed by atoms with Crippen LogP contribution in [0.4, 0.5) is 0 Å². The van der Waals surface area contributed by atoms with Crippen molar-refractivity contribution >= 4 is 23.0 Å². The van der Waals surface area contributed by atoms with Gasteiger partial charge in [-0.1, -0.05) is 42.5 Å². The van der Waals surface area contributed by atoms with Gasteiger partial charge in [-0.15, -0.1) is 6.58 Å². The lowest BCUT2D eigenvalue weighted by Crippen LogP contribution is -2.19. The first-order chi connectivity index (χ1) is 13.0. The van der Waals surface area contributed by atoms with E-state index < -0.39 is 0 Å². The first kappa shape index (κ1) is 18.6. The molecule has 3 rings (SSSR count). The number of rotatable bonds is 6. The van der Waals surface area contributed by atoms with Crippen LogP contribution in [0.5, 0.6) is 0 Å². The first-order valence-corrected chi connectivity index (χ1v) is 9.08. The number of aryl methyl sites for hydroxylation is 2. The molecule has 0 aliphatic rings. The topological polar surface area (TPSA) is 46.4 Å². The van der Waals surface area contributed by atoms with Crippen LogP contribution >= 0.6 is 0 Å². The second-order valence-electron chi connectivity index (χ2n) is 6.80. The van der Waals surface area contributed by atoms with E-state index in [0.29, 0.717) is 6.42 Å². The van der Waals surface area contributed by atoms with Crippen LogP contribution in [0.3, 0.4) is 0 Å². The SMILES string of the molecule is C=CCn1c(C)c(/C=N\NC(=O)Cc2ccc(C)c(C)c2)c2ccccc21. The molecule has 3 aromatic rings. The Morgan fingerprint density at radius 3 is 2.67 bits per heavy atom. The Hall–Kier alpha value is -3.14. The molecule has 27 heavy (non-hydrogen) atoms. The van der Waals surface area contributed by atoms with E-state index in [0.717, 1.165) is 34.3 Å². The Balaban J connectivity index is 1.76. The highest BCUT2D eigenvalue weighted by molar-refractivity contribution is 6.01. The summed E-state index contributed by atoms with van der Waals surface area (Å²) in [5.74, 6) is -0.123. The number of nitrogens with one attached hydrogen (secondary N) is 1. The van der Waals surface area contributed by atoms with Crippen molar-refractivity contribution in [2.45, 2.75) is 33.7 Å². The number of aromatic nitrogens is 1. The predicted molar refractivity (Wildman–Crippen MR) is 112 cm³/mol. The Bertz CT molecular complexity index is 1030. The molecule has 0 atom stereocenters. The van der Waals surface area contributed by atoms with Gasteiger partial charge in [-0.25, -0.2) is 5.43 Å². The average molecular weight is 359 g/mol. The maximum Gasteiger partial charge on any atom is 0.244 e. The van der Waals surface area contributed by atoms with Crippen LogP contribution in [0.2, 0.25) is 0 Å². The highest BCUT2D eigenvalue weighted by Gasteiger charge is 2.11. The lowest BCUT2D eigenvalue weighted by molar-refractivity contribution is -0.120. The molecule has 0 bridgehead atoms. The molecule has 1 heterocycles. The van der Waals surface area contributed by atoms with E-state index in [4.69, 9.17) is 0 Å². The van der Waals surface area contributed by atoms with Crippen molar-refractivity contribution in [1.29, 1.82) is 0 Å². The molecule has 0 spiro atoms. The summed E-state index contributed by atoms with van der Waals surface area (Å²) >= 11 is 0. The van der Waals surface area contributed by atoms with Crippen molar-refractivity contribution in [2.75, 3.05) is 0 Å². The summed E-state index contributed by atoms with van der Waals surface area (Å²) in [5.41, 5.74) is 9.30. The number of carbonyl (C=O) groups excluding carboxylic acids is 1. The number of para-hydroxylation sites is 1. The number of benzene rings is 2. The number of hydrogen-bond acceptors (Lipinski definition) is 2. The third kappa shape index (κ3) is 4.00. The normalized spacial score (nSPS) is 11.2. The number of fused-ring (bicyclic) bond motifs is 1. The molecule has 1 amide bonds. The highest BCUT2D eigenvalue weighted by Crippen LogP contribution is 2.24. The molecule has 2 aromatic carbocycles. The van der Waals surface area contributed by atoms with Gasteiger partial charge in [0.1, 0.15) is 0 Å². The van der Waals surface area contributed by atoms with Gasteiger partial charge in [0.25, 0.3) is 0 Å². The van der Waals surface area contributed by atoms with Crippen LogP contribution in [0.25, 0.3) is 10.9 Å². The summed E-state index contributed by atoms with van der Waals surface area (Å²) < 4.78 is 2.20. The number of carbonyl (C=O) groups is 1. The monoisotopic (exact) mass is 359 g/mol. The molecule has 0 aliphatic heterocycles. The zero-order chi connectivity index (χ0) is 19.4. The average Bonchev–Trinajstić information content (AvgIpc) is 2.91. The summed E-state index contributed by atoms with van der Waals surface area (Å²) in [6.45, 7) is 10.7. The van der Waals surface area contributed by atoms with Gasteiger partial charge in [0.05, 0.1) is 12.6 Å². The van der Waals surface area contributed by atoms with Gasteiger partial charge in [-0.2, -0.15) is 5.10 Å². The lowest BCUT2D eigenvalue weighted by atomic mass is 10.0. The second-order valence-corrected chi connectivity index (χ2v) is 6.80. The highest BCUT2D eigenvalue weighted by atomic mass is 16.2. The fourth-order valence-corrected chi connectivity index (χ4v) is 3.29. The standard InChI is InChI=1S/C23H25N3O/c1-5-12-26-18(4)21(20-8-6-7-9-22(20)26)15-24-25-23(27)14-19-11-10-16(2)17(3)13-19/h5-11,13,15H,1,12,14H2,2-4H3,(H,25,27)/b24-15-. The molecule has 1 N–H and O–H groups in total. The molecule has 1 aromatic heterocycles. The Kier molecular flexibility index (Phi) is 5.55. The van der Waals surface area contributed by atoms with E-state index in [-0.39, 0.29) is 5.91 Å². The van der Waals surface area contributed by atoms with Gasteiger partial charge in [-0.3, -0.25) is 4.79 Å². The minimum Gasteiger partial charge on any atom is -0.340 e. The molecular formula is C23H25N3O. The van der Waals surface area contributed by atoms with E-state index in [9.17, 15) is 4.79 Å². The first-order valence-electron chi connectivity index (χ1n) is 9.08. The van der Waals surface area contributed by atoms with Gasteiger partial charge >= 0.3 is 0 Å². The van der Waals surface area contributed by atoms with Gasteiger partial charge in [0, 0.05) is 28.7 Å². The fourth-order valence-electron chi connectivity index (χ4n) is 3.29. The smallest absolute Gasteiger partial charge is 0.244 e. The van der Waals surface area contributed by atoms with Crippen molar-refractivity contribution in [3.05, 3.63) is 83.1 Å². The van der Waals surface area contributed by atoms with E-state index in [2.05, 4.69) is 54.6 Å². The summed E-state index contributed by atoms with van der Waals surface area (Å²) in [5, 5.41) is 5.31. The van der Waals surface area contributed by atoms with Crippen LogP contribution in [-0.2, 0) is 17.8 Å². The van der Waals surface area contributed by atoms with Crippen molar-refractivity contribution < 1.29 is 4.79 Å². The van der Waals surface area contributed by atoms with Crippen molar-refractivity contribution in [2.24, 2.45) is 5.10 Å². The van der Waals surface area contributed by atoms with E-state index in [1.807, 2.05) is 36.4 Å². The van der Waals surface area contributed by atoms with Gasteiger partial charge in [-0.05, 0) is 43.5 Å². The molecule has 0 radical (unpaired) electrons. The van der Waals surface area contributed by atoms with Gasteiger partial charge in [0.2, 0.25) is 5.91 Å². The second kappa shape index (κ2) is 8.04. The lowest BCUT2D eigenvalue weighted by Gasteiger charge is -2.05. The van der Waals surface area contributed by atoms with Crippen molar-refractivity contribution in [1.82, 2.24) is 9.99 Å². The molecule has 0 saturated carbocycles. The predicted octanol–water partition coefficient (Wildman–Crippen LogP) is 4.45. The molecule has 0 saturated heterocycles. The van der Waals surface area contributed by atoms with E-state index in [1.165, 1.54) is 11.1 Å². The number of amides is 1. The van der Waals surface area contributed by atoms with Crippen LogP contribution < -0.4 is 5.43 Å². The quantitative estimate of drug-likeness (QED) is 0.395. The summed E-state index contributed by atoms with van der Waals surface area (Å²) in [6.07, 6.45) is 3.93. The van der Waals surface area contributed by atoms with Crippen LogP contribution in [0, 0.1) is 20.8 Å². The minimum atomic E-state index is -0.123. The fraction of sp³-hybridized carbons (Fsp3) is 0.217. The summed E-state index contributed by atoms with van der Waals surface area (Å²) in [4.78, 5) is 12.2. The van der Waals surface area contributed by atoms with Crippen molar-refractivity contribution in [3.8, 4) is 0 Å². The molecular weight excluding hydrogens is 334 g/mol. The molecule has 0 fully saturated rings. The van der Waals surface area contributed by atoms with E-state index >= 15 is 0 Å². The number of hydrazone groups is 1. The van der Waals surface area contributed by atoms with Gasteiger partial charge < -0.3 is 4.57 Å². The number of allylic oxidation sites excluding steroid dienone is 1. The number of nitrogens with zero attached hydrogens (tertiary/aromatic N) is 2. The van der Waals surface area contributed by atoms with Crippen LogP contribution in [0.15, 0.2) is 60.2 Å². The third-order valence-electron chi connectivity index (χ3n) is 4.91.